The highest BCUT2D eigenvalue weighted by atomic mass is 16.4. The fraction of sp³-hybridized carbons (Fsp3) is 0.188. The molecule has 5 nitrogen and oxygen atoms in total. The molecule has 0 unspecified atom stereocenters. The number of carboxylic acids is 1. The number of carboxylic acid groups (broad SMARTS) is 1. The third kappa shape index (κ3) is 2.27. The molecule has 0 bridgehead atoms. The molecular formula is C16H15N3O2. The lowest BCUT2D eigenvalue weighted by Gasteiger charge is -2.10. The first-order valence-electron chi connectivity index (χ1n) is 6.75. The molecule has 5 heteroatoms. The van der Waals surface area contributed by atoms with Gasteiger partial charge in [-0.25, -0.2) is 9.48 Å². The van der Waals surface area contributed by atoms with Crippen molar-refractivity contribution in [1.29, 1.82) is 0 Å². The van der Waals surface area contributed by atoms with Crippen molar-refractivity contribution in [3.8, 4) is 5.69 Å². The Labute approximate surface area is 121 Å². The summed E-state index contributed by atoms with van der Waals surface area (Å²) in [4.78, 5) is 15.7. The van der Waals surface area contributed by atoms with Gasteiger partial charge in [-0.3, -0.25) is 4.98 Å². The second-order valence-corrected chi connectivity index (χ2v) is 5.18. The van der Waals surface area contributed by atoms with Crippen molar-refractivity contribution in [2.24, 2.45) is 0 Å². The maximum atomic E-state index is 11.5. The molecule has 3 aromatic rings. The van der Waals surface area contributed by atoms with E-state index in [1.807, 2.05) is 30.3 Å². The number of hydrogen-bond donors (Lipinski definition) is 1. The van der Waals surface area contributed by atoms with Crippen LogP contribution in [0.2, 0.25) is 0 Å². The number of rotatable bonds is 3. The summed E-state index contributed by atoms with van der Waals surface area (Å²) in [6.07, 6.45) is 3.18. The van der Waals surface area contributed by atoms with Crippen LogP contribution in [0.5, 0.6) is 0 Å². The summed E-state index contributed by atoms with van der Waals surface area (Å²) in [5.74, 6) is -0.725. The molecule has 0 amide bonds. The second-order valence-electron chi connectivity index (χ2n) is 5.18. The van der Waals surface area contributed by atoms with Crippen molar-refractivity contribution in [2.75, 3.05) is 0 Å². The van der Waals surface area contributed by atoms with Crippen molar-refractivity contribution in [3.05, 3.63) is 54.0 Å². The largest absolute Gasteiger partial charge is 0.478 e. The van der Waals surface area contributed by atoms with Crippen LogP contribution in [0.3, 0.4) is 0 Å². The third-order valence-electron chi connectivity index (χ3n) is 3.41. The Kier molecular flexibility index (Phi) is 3.17. The van der Waals surface area contributed by atoms with E-state index in [1.165, 1.54) is 6.20 Å². The van der Waals surface area contributed by atoms with E-state index in [-0.39, 0.29) is 11.5 Å². The average Bonchev–Trinajstić information content (AvgIpc) is 2.95. The van der Waals surface area contributed by atoms with E-state index < -0.39 is 5.97 Å². The zero-order valence-corrected chi connectivity index (χ0v) is 11.8. The Morgan fingerprint density at radius 3 is 2.67 bits per heavy atom. The van der Waals surface area contributed by atoms with Gasteiger partial charge < -0.3 is 5.11 Å². The smallest absolute Gasteiger partial charge is 0.339 e. The van der Waals surface area contributed by atoms with Crippen LogP contribution in [-0.2, 0) is 0 Å². The van der Waals surface area contributed by atoms with Crippen LogP contribution in [0.4, 0.5) is 0 Å². The van der Waals surface area contributed by atoms with Crippen molar-refractivity contribution < 1.29 is 9.90 Å². The van der Waals surface area contributed by atoms with E-state index in [1.54, 1.807) is 10.9 Å². The second kappa shape index (κ2) is 5.01. The molecule has 0 saturated carbocycles. The number of nitrogens with zero attached hydrogens (tertiary/aromatic N) is 3. The minimum Gasteiger partial charge on any atom is -0.478 e. The molecule has 3 rings (SSSR count). The van der Waals surface area contributed by atoms with Crippen molar-refractivity contribution in [2.45, 2.75) is 19.8 Å². The molecule has 0 atom stereocenters. The molecule has 1 aromatic carbocycles. The molecule has 106 valence electrons. The molecule has 0 radical (unpaired) electrons. The molecule has 1 N–H and O–H groups in total. The fourth-order valence-corrected chi connectivity index (χ4v) is 2.30. The Bertz CT molecular complexity index is 821. The number of benzene rings is 1. The average molecular weight is 281 g/mol. The maximum Gasteiger partial charge on any atom is 0.339 e. The van der Waals surface area contributed by atoms with Gasteiger partial charge in [-0.1, -0.05) is 32.0 Å². The topological polar surface area (TPSA) is 68.0 Å². The van der Waals surface area contributed by atoms with Gasteiger partial charge in [0, 0.05) is 17.8 Å². The van der Waals surface area contributed by atoms with Gasteiger partial charge in [0.05, 0.1) is 16.9 Å². The first-order chi connectivity index (χ1) is 10.1. The predicted octanol–water partition coefficient (Wildman–Crippen LogP) is 3.24. The normalized spacial score (nSPS) is 11.2. The summed E-state index contributed by atoms with van der Waals surface area (Å²) in [5.41, 5.74) is 2.37. The minimum atomic E-state index is -1.01. The van der Waals surface area contributed by atoms with E-state index in [4.69, 9.17) is 0 Å². The third-order valence-corrected chi connectivity index (χ3v) is 3.41. The monoisotopic (exact) mass is 281 g/mol. The number of fused-ring (bicyclic) bond motifs is 1. The van der Waals surface area contributed by atoms with Crippen molar-refractivity contribution >= 4 is 16.9 Å². The van der Waals surface area contributed by atoms with Crippen LogP contribution < -0.4 is 0 Å². The SMILES string of the molecule is CC(C)c1ccn(-c2c(C(=O)O)cnc3ccccc23)n1. The van der Waals surface area contributed by atoms with Crippen LogP contribution in [0.15, 0.2) is 42.7 Å². The lowest BCUT2D eigenvalue weighted by Crippen LogP contribution is -2.08. The molecule has 0 fully saturated rings. The Balaban J connectivity index is 2.31. The van der Waals surface area contributed by atoms with Crippen LogP contribution >= 0.6 is 0 Å². The maximum absolute atomic E-state index is 11.5. The summed E-state index contributed by atoms with van der Waals surface area (Å²) in [6.45, 7) is 4.10. The summed E-state index contributed by atoms with van der Waals surface area (Å²) < 4.78 is 1.63. The predicted molar refractivity (Wildman–Crippen MR) is 79.9 cm³/mol. The molecule has 0 aliphatic carbocycles. The molecule has 21 heavy (non-hydrogen) atoms. The summed E-state index contributed by atoms with van der Waals surface area (Å²) >= 11 is 0. The first kappa shape index (κ1) is 13.3. The van der Waals surface area contributed by atoms with Crippen LogP contribution in [0.25, 0.3) is 16.6 Å². The molecule has 2 aromatic heterocycles. The van der Waals surface area contributed by atoms with Gasteiger partial charge in [-0.05, 0) is 18.1 Å². The number of pyridine rings is 1. The van der Waals surface area contributed by atoms with Crippen molar-refractivity contribution in [1.82, 2.24) is 14.8 Å². The first-order valence-corrected chi connectivity index (χ1v) is 6.75. The lowest BCUT2D eigenvalue weighted by molar-refractivity contribution is 0.0696. The van der Waals surface area contributed by atoms with E-state index in [0.717, 1.165) is 16.6 Å². The molecule has 0 aliphatic heterocycles. The number of hydrogen-bond acceptors (Lipinski definition) is 3. The minimum absolute atomic E-state index is 0.145. The van der Waals surface area contributed by atoms with E-state index in [0.29, 0.717) is 5.69 Å². The van der Waals surface area contributed by atoms with Gasteiger partial charge in [0.25, 0.3) is 0 Å². The van der Waals surface area contributed by atoms with E-state index in [9.17, 15) is 9.90 Å². The van der Waals surface area contributed by atoms with Crippen molar-refractivity contribution in [3.63, 3.8) is 0 Å². The molecule has 0 spiro atoms. The number of para-hydroxylation sites is 1. The Hall–Kier alpha value is -2.69. The van der Waals surface area contributed by atoms with E-state index in [2.05, 4.69) is 23.9 Å². The molecule has 0 saturated heterocycles. The molecular weight excluding hydrogens is 266 g/mol. The van der Waals surface area contributed by atoms with Crippen LogP contribution in [0, 0.1) is 0 Å². The fourth-order valence-electron chi connectivity index (χ4n) is 2.30. The quantitative estimate of drug-likeness (QED) is 0.800. The molecule has 2 heterocycles. The molecule has 0 aliphatic rings. The van der Waals surface area contributed by atoms with Gasteiger partial charge in [0.1, 0.15) is 5.56 Å². The number of aromatic nitrogens is 3. The summed E-state index contributed by atoms with van der Waals surface area (Å²) in [6, 6.07) is 9.37. The van der Waals surface area contributed by atoms with Gasteiger partial charge >= 0.3 is 5.97 Å². The van der Waals surface area contributed by atoms with Gasteiger partial charge in [-0.2, -0.15) is 5.10 Å². The highest BCUT2D eigenvalue weighted by Crippen LogP contribution is 2.25. The van der Waals surface area contributed by atoms with Gasteiger partial charge in [0.15, 0.2) is 0 Å². The number of aromatic carboxylic acids is 1. The number of carbonyl (C=O) groups is 1. The highest BCUT2D eigenvalue weighted by Gasteiger charge is 2.17. The summed E-state index contributed by atoms with van der Waals surface area (Å²) in [7, 11) is 0. The zero-order chi connectivity index (χ0) is 15.0. The van der Waals surface area contributed by atoms with Gasteiger partial charge in [0.2, 0.25) is 0 Å². The highest BCUT2D eigenvalue weighted by molar-refractivity contribution is 6.00. The zero-order valence-electron chi connectivity index (χ0n) is 11.8. The lowest BCUT2D eigenvalue weighted by atomic mass is 10.1. The Morgan fingerprint density at radius 2 is 2.00 bits per heavy atom. The van der Waals surface area contributed by atoms with Crippen LogP contribution in [0.1, 0.15) is 35.8 Å². The van der Waals surface area contributed by atoms with Crippen LogP contribution in [-0.4, -0.2) is 25.8 Å². The summed E-state index contributed by atoms with van der Waals surface area (Å²) in [5, 5.41) is 14.7. The Morgan fingerprint density at radius 1 is 1.24 bits per heavy atom. The standard InChI is InChI=1S/C16H15N3O2/c1-10(2)13-7-8-19(18-13)15-11-5-3-4-6-14(11)17-9-12(15)16(20)21/h3-10H,1-2H3,(H,20,21). The van der Waals surface area contributed by atoms with Gasteiger partial charge in [-0.15, -0.1) is 0 Å². The van der Waals surface area contributed by atoms with E-state index >= 15 is 0 Å².